The molecule has 0 radical (unpaired) electrons. The van der Waals surface area contributed by atoms with Gasteiger partial charge in [-0.1, -0.05) is 54.1 Å². The normalized spacial score (nSPS) is 14.3. The fourth-order valence-corrected chi connectivity index (χ4v) is 4.58. The number of hydrogen-bond donors (Lipinski definition) is 1. The molecule has 0 saturated carbocycles. The van der Waals surface area contributed by atoms with E-state index in [2.05, 4.69) is 21.6 Å². The third-order valence-electron chi connectivity index (χ3n) is 6.18. The SMILES string of the molecule is CCNC(=O)CC1N=C(c2ccc(Cl)cc2)c2cc(-c3ccc(C=O)cc3)ccc2-n2c(C)nnc21. The van der Waals surface area contributed by atoms with E-state index in [-0.39, 0.29) is 12.3 Å². The zero-order valence-electron chi connectivity index (χ0n) is 19.9. The number of nitrogens with zero attached hydrogens (tertiary/aromatic N) is 4. The number of aryl methyl sites for hydroxylation is 1. The highest BCUT2D eigenvalue weighted by Crippen LogP contribution is 2.35. The van der Waals surface area contributed by atoms with Crippen molar-refractivity contribution in [2.24, 2.45) is 4.99 Å². The predicted octanol–water partition coefficient (Wildman–Crippen LogP) is 5.13. The first-order valence-electron chi connectivity index (χ1n) is 11.7. The number of amides is 1. The van der Waals surface area contributed by atoms with E-state index in [9.17, 15) is 9.59 Å². The fraction of sp³-hybridized carbons (Fsp3) is 0.179. The first-order valence-corrected chi connectivity index (χ1v) is 12.1. The van der Waals surface area contributed by atoms with Gasteiger partial charge in [0, 0.05) is 28.3 Å². The first-order chi connectivity index (χ1) is 17.5. The van der Waals surface area contributed by atoms with Crippen molar-refractivity contribution in [3.8, 4) is 16.8 Å². The van der Waals surface area contributed by atoms with Crippen molar-refractivity contribution in [2.45, 2.75) is 26.3 Å². The lowest BCUT2D eigenvalue weighted by Gasteiger charge is -2.15. The van der Waals surface area contributed by atoms with Crippen LogP contribution in [0, 0.1) is 6.92 Å². The van der Waals surface area contributed by atoms with Crippen molar-refractivity contribution in [1.29, 1.82) is 0 Å². The monoisotopic (exact) mass is 497 g/mol. The van der Waals surface area contributed by atoms with Crippen LogP contribution in [0.1, 0.15) is 52.5 Å². The van der Waals surface area contributed by atoms with E-state index in [0.717, 1.165) is 39.9 Å². The van der Waals surface area contributed by atoms with Crippen molar-refractivity contribution in [2.75, 3.05) is 6.54 Å². The Balaban J connectivity index is 1.73. The molecule has 0 spiro atoms. The van der Waals surface area contributed by atoms with Crippen LogP contribution in [0.15, 0.2) is 71.7 Å². The number of aliphatic imine (C=N–C) groups is 1. The molecule has 1 aromatic heterocycles. The number of aromatic nitrogens is 3. The van der Waals surface area contributed by atoms with Gasteiger partial charge in [0.05, 0.1) is 17.8 Å². The smallest absolute Gasteiger partial charge is 0.222 e. The van der Waals surface area contributed by atoms with Crippen LogP contribution in [-0.2, 0) is 4.79 Å². The van der Waals surface area contributed by atoms with Crippen LogP contribution in [-0.4, -0.2) is 39.2 Å². The molecular formula is C28H24ClN5O2. The Morgan fingerprint density at radius 3 is 2.39 bits per heavy atom. The van der Waals surface area contributed by atoms with E-state index >= 15 is 0 Å². The van der Waals surface area contributed by atoms with Gasteiger partial charge in [0.1, 0.15) is 18.2 Å². The summed E-state index contributed by atoms with van der Waals surface area (Å²) in [6.07, 6.45) is 0.981. The number of rotatable bonds is 6. The second-order valence-electron chi connectivity index (χ2n) is 8.57. The molecule has 0 saturated heterocycles. The van der Waals surface area contributed by atoms with E-state index in [1.165, 1.54) is 0 Å². The minimum Gasteiger partial charge on any atom is -0.356 e. The van der Waals surface area contributed by atoms with Gasteiger partial charge >= 0.3 is 0 Å². The maximum Gasteiger partial charge on any atom is 0.222 e. The number of hydrogen-bond acceptors (Lipinski definition) is 5. The Hall–Kier alpha value is -4.10. The molecule has 1 N–H and O–H groups in total. The molecule has 1 atom stereocenters. The first kappa shape index (κ1) is 23.6. The van der Waals surface area contributed by atoms with Gasteiger partial charge in [0.15, 0.2) is 5.82 Å². The van der Waals surface area contributed by atoms with Gasteiger partial charge in [-0.15, -0.1) is 10.2 Å². The highest BCUT2D eigenvalue weighted by molar-refractivity contribution is 6.30. The summed E-state index contributed by atoms with van der Waals surface area (Å²) < 4.78 is 1.98. The average molecular weight is 498 g/mol. The molecule has 2 heterocycles. The minimum atomic E-state index is -0.522. The molecular weight excluding hydrogens is 474 g/mol. The highest BCUT2D eigenvalue weighted by atomic mass is 35.5. The summed E-state index contributed by atoms with van der Waals surface area (Å²) in [5.74, 6) is 1.23. The van der Waals surface area contributed by atoms with Crippen molar-refractivity contribution in [3.05, 3.63) is 100 Å². The molecule has 4 aromatic rings. The number of aldehydes is 1. The Labute approximate surface area is 213 Å². The summed E-state index contributed by atoms with van der Waals surface area (Å²) in [6, 6.07) is 20.6. The largest absolute Gasteiger partial charge is 0.356 e. The van der Waals surface area contributed by atoms with E-state index in [1.54, 1.807) is 12.1 Å². The van der Waals surface area contributed by atoms with Crippen molar-refractivity contribution < 1.29 is 9.59 Å². The molecule has 0 fully saturated rings. The zero-order valence-corrected chi connectivity index (χ0v) is 20.7. The lowest BCUT2D eigenvalue weighted by molar-refractivity contribution is -0.121. The molecule has 1 amide bonds. The molecule has 36 heavy (non-hydrogen) atoms. The van der Waals surface area contributed by atoms with E-state index in [1.807, 2.05) is 66.9 Å². The number of benzene rings is 3. The predicted molar refractivity (Wildman–Crippen MR) is 140 cm³/mol. The average Bonchev–Trinajstić information content (AvgIpc) is 3.21. The molecule has 1 unspecified atom stereocenters. The number of fused-ring (bicyclic) bond motifs is 3. The summed E-state index contributed by atoms with van der Waals surface area (Å²) in [7, 11) is 0. The molecule has 7 nitrogen and oxygen atoms in total. The quantitative estimate of drug-likeness (QED) is 0.374. The van der Waals surface area contributed by atoms with Gasteiger partial charge in [-0.05, 0) is 49.2 Å². The third-order valence-corrected chi connectivity index (χ3v) is 6.43. The fourth-order valence-electron chi connectivity index (χ4n) is 4.45. The zero-order chi connectivity index (χ0) is 25.2. The highest BCUT2D eigenvalue weighted by Gasteiger charge is 2.29. The Bertz CT molecular complexity index is 1470. The maximum absolute atomic E-state index is 12.6. The maximum atomic E-state index is 12.6. The summed E-state index contributed by atoms with van der Waals surface area (Å²) in [5, 5.41) is 12.2. The summed E-state index contributed by atoms with van der Waals surface area (Å²) in [6.45, 7) is 4.32. The van der Waals surface area contributed by atoms with Crippen LogP contribution in [0.2, 0.25) is 5.02 Å². The van der Waals surface area contributed by atoms with Gasteiger partial charge in [0.2, 0.25) is 5.91 Å². The molecule has 1 aliphatic heterocycles. The molecule has 5 rings (SSSR count). The Morgan fingerprint density at radius 1 is 1.00 bits per heavy atom. The summed E-state index contributed by atoms with van der Waals surface area (Å²) >= 11 is 6.18. The third kappa shape index (κ3) is 4.45. The van der Waals surface area contributed by atoms with E-state index < -0.39 is 6.04 Å². The van der Waals surface area contributed by atoms with Gasteiger partial charge < -0.3 is 5.32 Å². The number of nitrogens with one attached hydrogen (secondary N) is 1. The van der Waals surface area contributed by atoms with Crippen LogP contribution < -0.4 is 5.32 Å². The van der Waals surface area contributed by atoms with E-state index in [4.69, 9.17) is 16.6 Å². The van der Waals surface area contributed by atoms with Gasteiger partial charge in [-0.2, -0.15) is 0 Å². The van der Waals surface area contributed by atoms with Crippen molar-refractivity contribution >= 4 is 29.5 Å². The lowest BCUT2D eigenvalue weighted by Crippen LogP contribution is -2.25. The topological polar surface area (TPSA) is 89.2 Å². The van der Waals surface area contributed by atoms with Crippen LogP contribution in [0.25, 0.3) is 16.8 Å². The minimum absolute atomic E-state index is 0.101. The van der Waals surface area contributed by atoms with Crippen LogP contribution in [0.3, 0.4) is 0 Å². The van der Waals surface area contributed by atoms with Crippen molar-refractivity contribution in [1.82, 2.24) is 20.1 Å². The molecule has 0 aliphatic carbocycles. The van der Waals surface area contributed by atoms with E-state index in [0.29, 0.717) is 28.8 Å². The number of carbonyl (C=O) groups is 2. The van der Waals surface area contributed by atoms with Crippen LogP contribution in [0.5, 0.6) is 0 Å². The second kappa shape index (κ2) is 9.87. The van der Waals surface area contributed by atoms with Crippen LogP contribution in [0.4, 0.5) is 0 Å². The van der Waals surface area contributed by atoms with Gasteiger partial charge in [-0.25, -0.2) is 0 Å². The number of carbonyl (C=O) groups excluding carboxylic acids is 2. The summed E-state index contributed by atoms with van der Waals surface area (Å²) in [4.78, 5) is 28.8. The summed E-state index contributed by atoms with van der Waals surface area (Å²) in [5.41, 5.74) is 5.96. The number of halogens is 1. The molecule has 8 heteroatoms. The van der Waals surface area contributed by atoms with Gasteiger partial charge in [0.25, 0.3) is 0 Å². The Morgan fingerprint density at radius 2 is 1.69 bits per heavy atom. The lowest BCUT2D eigenvalue weighted by atomic mass is 9.95. The second-order valence-corrected chi connectivity index (χ2v) is 9.01. The van der Waals surface area contributed by atoms with Crippen LogP contribution >= 0.6 is 11.6 Å². The molecule has 180 valence electrons. The molecule has 3 aromatic carbocycles. The Kier molecular flexibility index (Phi) is 6.48. The molecule has 1 aliphatic rings. The van der Waals surface area contributed by atoms with Gasteiger partial charge in [-0.3, -0.25) is 19.1 Å². The van der Waals surface area contributed by atoms with Crippen molar-refractivity contribution in [3.63, 3.8) is 0 Å². The molecule has 0 bridgehead atoms. The standard InChI is InChI=1S/C28H24ClN5O2/c1-3-30-26(36)15-24-28-33-32-17(2)34(28)25-13-10-21(19-6-4-18(16-35)5-7-19)14-23(25)27(31-24)20-8-11-22(29)12-9-20/h4-14,16,24H,3,15H2,1-2H3,(H,30,36).